The van der Waals surface area contributed by atoms with Gasteiger partial charge in [0.1, 0.15) is 5.82 Å². The summed E-state index contributed by atoms with van der Waals surface area (Å²) in [6, 6.07) is 12.3. The van der Waals surface area contributed by atoms with Crippen molar-refractivity contribution in [1.82, 2.24) is 9.97 Å². The minimum Gasteiger partial charge on any atom is -0.393 e. The molecule has 0 spiro atoms. The monoisotopic (exact) mass is 298 g/mol. The third-order valence-electron chi connectivity index (χ3n) is 4.29. The molecule has 116 valence electrons. The number of nitrogens with one attached hydrogen (secondary N) is 1. The molecule has 22 heavy (non-hydrogen) atoms. The van der Waals surface area contributed by atoms with Gasteiger partial charge in [-0.25, -0.2) is 4.98 Å². The summed E-state index contributed by atoms with van der Waals surface area (Å²) in [4.78, 5) is 10.6. The molecule has 1 aromatic heterocycles. The highest BCUT2D eigenvalue weighted by molar-refractivity contribution is 5.42. The molecule has 5 heteroatoms. The molecule has 1 aliphatic rings. The largest absolute Gasteiger partial charge is 0.393 e. The van der Waals surface area contributed by atoms with Gasteiger partial charge in [0.05, 0.1) is 6.10 Å². The molecule has 0 saturated heterocycles. The zero-order valence-corrected chi connectivity index (χ0v) is 13.0. The number of benzene rings is 1. The first-order chi connectivity index (χ1) is 10.6. The van der Waals surface area contributed by atoms with Crippen molar-refractivity contribution in [1.29, 1.82) is 0 Å². The summed E-state index contributed by atoms with van der Waals surface area (Å²) in [7, 11) is 3.85. The third kappa shape index (κ3) is 2.90. The lowest BCUT2D eigenvalue weighted by molar-refractivity contribution is 0.0242. The second kappa shape index (κ2) is 5.93. The van der Waals surface area contributed by atoms with Crippen molar-refractivity contribution in [3.63, 3.8) is 0 Å². The standard InChI is InChI=1S/C17H22N4O/c1-21(2)16-18-9-8-15(20-16)19-12-17(10-14(22)11-17)13-6-4-3-5-7-13/h3-9,14,22H,10-12H2,1-2H3,(H,18,19,20). The first kappa shape index (κ1) is 14.8. The Bertz CT molecular complexity index is 624. The van der Waals surface area contributed by atoms with Gasteiger partial charge < -0.3 is 15.3 Å². The van der Waals surface area contributed by atoms with Crippen molar-refractivity contribution in [2.75, 3.05) is 30.9 Å². The molecule has 0 amide bonds. The average Bonchev–Trinajstić information content (AvgIpc) is 2.51. The van der Waals surface area contributed by atoms with E-state index >= 15 is 0 Å². The summed E-state index contributed by atoms with van der Waals surface area (Å²) in [6.45, 7) is 0.762. The van der Waals surface area contributed by atoms with Crippen LogP contribution in [0.4, 0.5) is 11.8 Å². The summed E-state index contributed by atoms with van der Waals surface area (Å²) in [6.07, 6.45) is 3.13. The molecule has 0 radical (unpaired) electrons. The summed E-state index contributed by atoms with van der Waals surface area (Å²) >= 11 is 0. The molecule has 1 aliphatic carbocycles. The molecule has 1 aromatic carbocycles. The first-order valence-corrected chi connectivity index (χ1v) is 7.57. The van der Waals surface area contributed by atoms with E-state index in [0.29, 0.717) is 5.95 Å². The second-order valence-corrected chi connectivity index (χ2v) is 6.20. The van der Waals surface area contributed by atoms with E-state index in [1.807, 2.05) is 31.1 Å². The van der Waals surface area contributed by atoms with Crippen LogP contribution in [0.5, 0.6) is 0 Å². The second-order valence-electron chi connectivity index (χ2n) is 6.20. The molecule has 1 heterocycles. The number of aliphatic hydroxyl groups excluding tert-OH is 1. The van der Waals surface area contributed by atoms with Crippen LogP contribution < -0.4 is 10.2 Å². The highest BCUT2D eigenvalue weighted by Crippen LogP contribution is 2.43. The lowest BCUT2D eigenvalue weighted by atomic mass is 9.62. The van der Waals surface area contributed by atoms with Gasteiger partial charge in [-0.05, 0) is 24.5 Å². The summed E-state index contributed by atoms with van der Waals surface area (Å²) in [5, 5.41) is 13.2. The fourth-order valence-corrected chi connectivity index (χ4v) is 3.04. The van der Waals surface area contributed by atoms with Crippen molar-refractivity contribution in [2.24, 2.45) is 0 Å². The molecule has 0 bridgehead atoms. The SMILES string of the molecule is CN(C)c1nccc(NCC2(c3ccccc3)CC(O)C2)n1. The van der Waals surface area contributed by atoms with Crippen LogP contribution >= 0.6 is 0 Å². The maximum absolute atomic E-state index is 9.80. The molecule has 0 atom stereocenters. The Hall–Kier alpha value is -2.14. The predicted octanol–water partition coefficient (Wildman–Crippen LogP) is 2.05. The molecule has 0 aliphatic heterocycles. The van der Waals surface area contributed by atoms with Gasteiger partial charge in [0.15, 0.2) is 0 Å². The van der Waals surface area contributed by atoms with Gasteiger partial charge in [0.25, 0.3) is 0 Å². The van der Waals surface area contributed by atoms with Gasteiger partial charge >= 0.3 is 0 Å². The average molecular weight is 298 g/mol. The van der Waals surface area contributed by atoms with Crippen LogP contribution in [0.25, 0.3) is 0 Å². The molecule has 0 unspecified atom stereocenters. The Kier molecular flexibility index (Phi) is 3.98. The zero-order chi connectivity index (χ0) is 15.6. The topological polar surface area (TPSA) is 61.3 Å². The van der Waals surface area contributed by atoms with Crippen molar-refractivity contribution in [3.8, 4) is 0 Å². The van der Waals surface area contributed by atoms with E-state index < -0.39 is 0 Å². The first-order valence-electron chi connectivity index (χ1n) is 7.57. The Morgan fingerprint density at radius 3 is 2.59 bits per heavy atom. The summed E-state index contributed by atoms with van der Waals surface area (Å²) in [5.41, 5.74) is 1.26. The number of hydrogen-bond donors (Lipinski definition) is 2. The van der Waals surface area contributed by atoms with Crippen LogP contribution in [-0.4, -0.2) is 41.8 Å². The summed E-state index contributed by atoms with van der Waals surface area (Å²) < 4.78 is 0. The highest BCUT2D eigenvalue weighted by atomic mass is 16.3. The third-order valence-corrected chi connectivity index (χ3v) is 4.29. The van der Waals surface area contributed by atoms with Gasteiger partial charge in [-0.15, -0.1) is 0 Å². The quantitative estimate of drug-likeness (QED) is 0.884. The predicted molar refractivity (Wildman–Crippen MR) is 88.2 cm³/mol. The molecular formula is C17H22N4O. The van der Waals surface area contributed by atoms with Gasteiger partial charge in [-0.3, -0.25) is 0 Å². The fourth-order valence-electron chi connectivity index (χ4n) is 3.04. The minimum atomic E-state index is -0.204. The maximum atomic E-state index is 9.80. The van der Waals surface area contributed by atoms with E-state index in [9.17, 15) is 5.11 Å². The van der Waals surface area contributed by atoms with Crippen molar-refractivity contribution in [3.05, 3.63) is 48.2 Å². The van der Waals surface area contributed by atoms with Crippen molar-refractivity contribution >= 4 is 11.8 Å². The maximum Gasteiger partial charge on any atom is 0.226 e. The van der Waals surface area contributed by atoms with Crippen LogP contribution in [-0.2, 0) is 5.41 Å². The molecule has 5 nitrogen and oxygen atoms in total. The summed E-state index contributed by atoms with van der Waals surface area (Å²) in [5.74, 6) is 1.50. The number of rotatable bonds is 5. The van der Waals surface area contributed by atoms with E-state index in [0.717, 1.165) is 25.2 Å². The lowest BCUT2D eigenvalue weighted by Crippen LogP contribution is -2.49. The van der Waals surface area contributed by atoms with Crippen LogP contribution in [0.3, 0.4) is 0 Å². The fraction of sp³-hybridized carbons (Fsp3) is 0.412. The number of anilines is 2. The van der Waals surface area contributed by atoms with E-state index in [2.05, 4.69) is 39.6 Å². The van der Waals surface area contributed by atoms with Gasteiger partial charge in [-0.2, -0.15) is 4.98 Å². The molecule has 2 N–H and O–H groups in total. The normalized spacial score (nSPS) is 23.7. The van der Waals surface area contributed by atoms with E-state index in [1.54, 1.807) is 6.20 Å². The molecule has 1 fully saturated rings. The van der Waals surface area contributed by atoms with Crippen molar-refractivity contribution < 1.29 is 5.11 Å². The highest BCUT2D eigenvalue weighted by Gasteiger charge is 2.44. The van der Waals surface area contributed by atoms with E-state index in [-0.39, 0.29) is 11.5 Å². The van der Waals surface area contributed by atoms with Gasteiger partial charge in [0, 0.05) is 32.3 Å². The number of nitrogens with zero attached hydrogens (tertiary/aromatic N) is 3. The Balaban J connectivity index is 1.75. The smallest absolute Gasteiger partial charge is 0.226 e. The molecule has 3 rings (SSSR count). The van der Waals surface area contributed by atoms with Crippen LogP contribution in [0.15, 0.2) is 42.6 Å². The van der Waals surface area contributed by atoms with E-state index in [1.165, 1.54) is 5.56 Å². The molecular weight excluding hydrogens is 276 g/mol. The molecule has 2 aromatic rings. The Morgan fingerprint density at radius 2 is 1.95 bits per heavy atom. The van der Waals surface area contributed by atoms with Crippen LogP contribution in [0.1, 0.15) is 18.4 Å². The number of aromatic nitrogens is 2. The van der Waals surface area contributed by atoms with Crippen LogP contribution in [0, 0.1) is 0 Å². The van der Waals surface area contributed by atoms with Gasteiger partial charge in [-0.1, -0.05) is 30.3 Å². The van der Waals surface area contributed by atoms with Crippen molar-refractivity contribution in [2.45, 2.75) is 24.4 Å². The minimum absolute atomic E-state index is 0.0100. The molecule has 1 saturated carbocycles. The van der Waals surface area contributed by atoms with E-state index in [4.69, 9.17) is 0 Å². The Morgan fingerprint density at radius 1 is 1.23 bits per heavy atom. The number of aliphatic hydroxyl groups is 1. The zero-order valence-electron chi connectivity index (χ0n) is 13.0. The number of hydrogen-bond acceptors (Lipinski definition) is 5. The van der Waals surface area contributed by atoms with Gasteiger partial charge in [0.2, 0.25) is 5.95 Å². The Labute approximate surface area is 131 Å². The van der Waals surface area contributed by atoms with Crippen LogP contribution in [0.2, 0.25) is 0 Å². The lowest BCUT2D eigenvalue weighted by Gasteiger charge is -2.46.